The van der Waals surface area contributed by atoms with E-state index in [-0.39, 0.29) is 0 Å². The van der Waals surface area contributed by atoms with Crippen LogP contribution in [0.1, 0.15) is 36.3 Å². The molecule has 1 N–H and O–H groups in total. The summed E-state index contributed by atoms with van der Waals surface area (Å²) in [5.41, 5.74) is -0.0207. The Balaban J connectivity index is 2.10. The first-order valence-corrected chi connectivity index (χ1v) is 7.77. The van der Waals surface area contributed by atoms with Gasteiger partial charge in [0.15, 0.2) is 11.5 Å². The number of aliphatic hydroxyl groups is 1. The molecular formula is C16H21NO3S. The van der Waals surface area contributed by atoms with Crippen molar-refractivity contribution >= 4 is 11.3 Å². The van der Waals surface area contributed by atoms with Gasteiger partial charge in [0.1, 0.15) is 11.6 Å². The Morgan fingerprint density at radius 1 is 1.19 bits per heavy atom. The molecule has 0 aliphatic heterocycles. The monoisotopic (exact) mass is 307 g/mol. The summed E-state index contributed by atoms with van der Waals surface area (Å²) in [4.78, 5) is 5.33. The number of nitrogens with zero attached hydrogens (tertiary/aromatic N) is 1. The maximum Gasteiger partial charge on any atom is 0.161 e. The van der Waals surface area contributed by atoms with E-state index in [0.29, 0.717) is 19.0 Å². The first-order valence-electron chi connectivity index (χ1n) is 6.95. The number of hydrogen-bond acceptors (Lipinski definition) is 5. The minimum absolute atomic E-state index is 0.367. The van der Waals surface area contributed by atoms with E-state index in [2.05, 4.69) is 4.98 Å². The van der Waals surface area contributed by atoms with Crippen LogP contribution < -0.4 is 9.47 Å². The average Bonchev–Trinajstić information content (AvgIpc) is 2.79. The van der Waals surface area contributed by atoms with E-state index >= 15 is 0 Å². The molecule has 1 aromatic heterocycles. The largest absolute Gasteiger partial charge is 0.490 e. The molecule has 0 saturated carbocycles. The highest BCUT2D eigenvalue weighted by atomic mass is 32.1. The maximum absolute atomic E-state index is 10.1. The highest BCUT2D eigenvalue weighted by molar-refractivity contribution is 7.11. The Morgan fingerprint density at radius 3 is 2.33 bits per heavy atom. The van der Waals surface area contributed by atoms with Crippen LogP contribution in [0.5, 0.6) is 11.5 Å². The van der Waals surface area contributed by atoms with Gasteiger partial charge in [0.05, 0.1) is 22.8 Å². The fourth-order valence-corrected chi connectivity index (χ4v) is 3.04. The zero-order chi connectivity index (χ0) is 15.5. The van der Waals surface area contributed by atoms with Gasteiger partial charge in [0, 0.05) is 0 Å². The van der Waals surface area contributed by atoms with Crippen molar-refractivity contribution in [2.45, 2.75) is 39.9 Å². The summed E-state index contributed by atoms with van der Waals surface area (Å²) in [5, 5.41) is 10.9. The van der Waals surface area contributed by atoms with Gasteiger partial charge < -0.3 is 14.6 Å². The predicted octanol–water partition coefficient (Wildman–Crippen LogP) is 3.66. The first kappa shape index (κ1) is 15.8. The van der Waals surface area contributed by atoms with Crippen molar-refractivity contribution in [3.8, 4) is 11.5 Å². The molecule has 0 aliphatic carbocycles. The number of thiazole rings is 1. The van der Waals surface area contributed by atoms with E-state index in [1.165, 1.54) is 11.3 Å². The average molecular weight is 307 g/mol. The van der Waals surface area contributed by atoms with Crippen molar-refractivity contribution < 1.29 is 14.6 Å². The molecule has 21 heavy (non-hydrogen) atoms. The van der Waals surface area contributed by atoms with Crippen molar-refractivity contribution in [1.29, 1.82) is 0 Å². The summed E-state index contributed by atoms with van der Waals surface area (Å²) in [6.45, 7) is 8.34. The lowest BCUT2D eigenvalue weighted by Gasteiger charge is -2.15. The lowest BCUT2D eigenvalue weighted by molar-refractivity contribution is 0.0817. The second-order valence-corrected chi connectivity index (χ2v) is 6.33. The number of aryl methyl sites for hydroxylation is 1. The maximum atomic E-state index is 10.1. The molecule has 1 heterocycles. The van der Waals surface area contributed by atoms with Gasteiger partial charge in [-0.1, -0.05) is 12.1 Å². The van der Waals surface area contributed by atoms with Gasteiger partial charge in [-0.3, -0.25) is 0 Å². The number of hydrogen-bond donors (Lipinski definition) is 1. The quantitative estimate of drug-likeness (QED) is 0.885. The van der Waals surface area contributed by atoms with Crippen LogP contribution in [0.2, 0.25) is 0 Å². The van der Waals surface area contributed by atoms with Crippen LogP contribution in [0, 0.1) is 6.92 Å². The van der Waals surface area contributed by atoms with E-state index < -0.39 is 5.60 Å². The van der Waals surface area contributed by atoms with Gasteiger partial charge in [0.2, 0.25) is 0 Å². The van der Waals surface area contributed by atoms with E-state index in [1.54, 1.807) is 13.8 Å². The molecule has 5 heteroatoms. The summed E-state index contributed by atoms with van der Waals surface area (Å²) in [6.07, 6.45) is 0. The minimum atomic E-state index is -0.872. The summed E-state index contributed by atoms with van der Waals surface area (Å²) in [6, 6.07) is 7.58. The highest BCUT2D eigenvalue weighted by Crippen LogP contribution is 2.31. The molecule has 0 unspecified atom stereocenters. The Kier molecular flexibility index (Phi) is 4.85. The molecule has 0 bridgehead atoms. The van der Waals surface area contributed by atoms with Crippen molar-refractivity contribution in [2.24, 2.45) is 0 Å². The molecule has 2 rings (SSSR count). The SMILES string of the molecule is CCOc1ccccc1OCc1nc(C)c(C(C)(C)O)s1. The predicted molar refractivity (Wildman–Crippen MR) is 84.0 cm³/mol. The number of aromatic nitrogens is 1. The Labute approximate surface area is 129 Å². The Morgan fingerprint density at radius 2 is 1.81 bits per heavy atom. The molecule has 2 aromatic rings. The summed E-state index contributed by atoms with van der Waals surface area (Å²) in [7, 11) is 0. The van der Waals surface area contributed by atoms with E-state index in [0.717, 1.165) is 21.3 Å². The molecule has 0 saturated heterocycles. The number of para-hydroxylation sites is 2. The van der Waals surface area contributed by atoms with Crippen LogP contribution in [0.15, 0.2) is 24.3 Å². The van der Waals surface area contributed by atoms with Crippen molar-refractivity contribution in [3.05, 3.63) is 39.8 Å². The molecule has 4 nitrogen and oxygen atoms in total. The van der Waals surface area contributed by atoms with E-state index in [9.17, 15) is 5.11 Å². The van der Waals surface area contributed by atoms with Crippen LogP contribution >= 0.6 is 11.3 Å². The summed E-state index contributed by atoms with van der Waals surface area (Å²) >= 11 is 1.48. The van der Waals surface area contributed by atoms with Gasteiger partial charge in [-0.05, 0) is 39.8 Å². The van der Waals surface area contributed by atoms with Crippen molar-refractivity contribution in [3.63, 3.8) is 0 Å². The van der Waals surface area contributed by atoms with Crippen LogP contribution in [0.3, 0.4) is 0 Å². The second-order valence-electron chi connectivity index (χ2n) is 5.25. The zero-order valence-electron chi connectivity index (χ0n) is 12.8. The molecule has 0 aliphatic rings. The molecule has 0 fully saturated rings. The van der Waals surface area contributed by atoms with Crippen LogP contribution in [0.4, 0.5) is 0 Å². The molecule has 0 spiro atoms. The fourth-order valence-electron chi connectivity index (χ4n) is 2.07. The lowest BCUT2D eigenvalue weighted by Crippen LogP contribution is -2.14. The Hall–Kier alpha value is -1.59. The van der Waals surface area contributed by atoms with Crippen molar-refractivity contribution in [2.75, 3.05) is 6.61 Å². The third kappa shape index (κ3) is 3.95. The topological polar surface area (TPSA) is 51.6 Å². The lowest BCUT2D eigenvalue weighted by atomic mass is 10.1. The van der Waals surface area contributed by atoms with Crippen LogP contribution in [0.25, 0.3) is 0 Å². The standard InChI is InChI=1S/C16H21NO3S/c1-5-19-12-8-6-7-9-13(12)20-10-14-17-11(2)15(21-14)16(3,4)18/h6-9,18H,5,10H2,1-4H3. The number of ether oxygens (including phenoxy) is 2. The molecular weight excluding hydrogens is 286 g/mol. The zero-order valence-corrected chi connectivity index (χ0v) is 13.7. The molecule has 0 radical (unpaired) electrons. The molecule has 114 valence electrons. The number of benzene rings is 1. The highest BCUT2D eigenvalue weighted by Gasteiger charge is 2.23. The first-order chi connectivity index (χ1) is 9.91. The van der Waals surface area contributed by atoms with Crippen molar-refractivity contribution in [1.82, 2.24) is 4.98 Å². The van der Waals surface area contributed by atoms with Crippen LogP contribution in [-0.2, 0) is 12.2 Å². The molecule has 0 amide bonds. The Bertz CT molecular complexity index is 602. The number of rotatable bonds is 6. The molecule has 1 aromatic carbocycles. The third-order valence-electron chi connectivity index (χ3n) is 2.90. The molecule has 0 atom stereocenters. The van der Waals surface area contributed by atoms with E-state index in [1.807, 2.05) is 38.1 Å². The van der Waals surface area contributed by atoms with E-state index in [4.69, 9.17) is 9.47 Å². The fraction of sp³-hybridized carbons (Fsp3) is 0.438. The van der Waals surface area contributed by atoms with Gasteiger partial charge in [-0.15, -0.1) is 11.3 Å². The summed E-state index contributed by atoms with van der Waals surface area (Å²) in [5.74, 6) is 1.44. The summed E-state index contributed by atoms with van der Waals surface area (Å²) < 4.78 is 11.3. The minimum Gasteiger partial charge on any atom is -0.490 e. The van der Waals surface area contributed by atoms with Gasteiger partial charge >= 0.3 is 0 Å². The normalized spacial score (nSPS) is 11.5. The van der Waals surface area contributed by atoms with Gasteiger partial charge in [-0.2, -0.15) is 0 Å². The van der Waals surface area contributed by atoms with Crippen LogP contribution in [-0.4, -0.2) is 16.7 Å². The second kappa shape index (κ2) is 6.45. The van der Waals surface area contributed by atoms with Gasteiger partial charge in [0.25, 0.3) is 0 Å². The third-order valence-corrected chi connectivity index (χ3v) is 4.34. The van der Waals surface area contributed by atoms with Gasteiger partial charge in [-0.25, -0.2) is 4.98 Å². The smallest absolute Gasteiger partial charge is 0.161 e.